The monoisotopic (exact) mass is 366 g/mol. The number of aryl methyl sites for hydroxylation is 1. The number of rotatable bonds is 5. The number of nitrogens with zero attached hydrogens (tertiary/aromatic N) is 2. The van der Waals surface area contributed by atoms with Gasteiger partial charge in [0, 0.05) is 11.3 Å². The molecule has 1 atom stereocenters. The summed E-state index contributed by atoms with van der Waals surface area (Å²) in [5, 5.41) is 6.07. The van der Waals surface area contributed by atoms with Gasteiger partial charge in [0.1, 0.15) is 23.3 Å². The summed E-state index contributed by atoms with van der Waals surface area (Å²) >= 11 is 1.53. The van der Waals surface area contributed by atoms with E-state index in [1.807, 2.05) is 55.5 Å². The molecule has 0 bridgehead atoms. The van der Waals surface area contributed by atoms with E-state index in [1.54, 1.807) is 12.5 Å². The van der Waals surface area contributed by atoms with Crippen LogP contribution in [0.4, 0.5) is 0 Å². The predicted molar refractivity (Wildman–Crippen MR) is 100 cm³/mol. The Morgan fingerprint density at radius 3 is 2.69 bits per heavy atom. The van der Waals surface area contributed by atoms with Crippen molar-refractivity contribution in [3.63, 3.8) is 0 Å². The molecule has 0 spiro atoms. The normalized spacial score (nSPS) is 16.7. The predicted octanol–water partition coefficient (Wildman–Crippen LogP) is 4.65. The molecule has 2 aromatic heterocycles. The van der Waals surface area contributed by atoms with E-state index >= 15 is 0 Å². The number of carbonyl (C=O) groups excluding carboxylic acids is 1. The maximum atomic E-state index is 12.9. The number of thioether (sulfide) groups is 1. The lowest BCUT2D eigenvalue weighted by atomic mass is 10.1. The number of hydrazone groups is 1. The average Bonchev–Trinajstić information content (AvgIpc) is 3.41. The highest BCUT2D eigenvalue weighted by Crippen LogP contribution is 2.34. The Morgan fingerprint density at radius 1 is 1.15 bits per heavy atom. The highest BCUT2D eigenvalue weighted by Gasteiger charge is 2.35. The molecule has 5 nitrogen and oxygen atoms in total. The molecule has 0 radical (unpaired) electrons. The fourth-order valence-corrected chi connectivity index (χ4v) is 3.84. The van der Waals surface area contributed by atoms with Gasteiger partial charge in [0.25, 0.3) is 5.91 Å². The van der Waals surface area contributed by atoms with Crippen LogP contribution in [0.3, 0.4) is 0 Å². The Balaban J connectivity index is 1.54. The first-order valence-electron chi connectivity index (χ1n) is 8.37. The van der Waals surface area contributed by atoms with Crippen molar-refractivity contribution < 1.29 is 13.6 Å². The first-order chi connectivity index (χ1) is 12.7. The molecule has 6 heteroatoms. The standard InChI is InChI=1S/C20H18N2O3S/c1-14-6-2-3-9-19(14)26-13-20(23)22-16(18-8-5-11-25-18)12-15(21-22)17-7-4-10-24-17/h2-11,16H,12-13H2,1H3. The van der Waals surface area contributed by atoms with Crippen LogP contribution in [-0.4, -0.2) is 22.4 Å². The molecule has 1 aromatic carbocycles. The van der Waals surface area contributed by atoms with Gasteiger partial charge in [0.05, 0.1) is 18.3 Å². The zero-order chi connectivity index (χ0) is 17.9. The molecule has 1 aliphatic heterocycles. The Kier molecular flexibility index (Phi) is 4.67. The Hall–Kier alpha value is -2.73. The minimum absolute atomic E-state index is 0.0544. The highest BCUT2D eigenvalue weighted by molar-refractivity contribution is 8.00. The molecule has 1 aliphatic rings. The molecule has 26 heavy (non-hydrogen) atoms. The first-order valence-corrected chi connectivity index (χ1v) is 9.36. The van der Waals surface area contributed by atoms with Crippen molar-refractivity contribution in [3.8, 4) is 0 Å². The van der Waals surface area contributed by atoms with Gasteiger partial charge in [-0.2, -0.15) is 5.10 Å². The third-order valence-corrected chi connectivity index (χ3v) is 5.45. The first kappa shape index (κ1) is 16.7. The largest absolute Gasteiger partial charge is 0.467 e. The molecule has 132 valence electrons. The smallest absolute Gasteiger partial charge is 0.253 e. The van der Waals surface area contributed by atoms with Crippen molar-refractivity contribution in [1.29, 1.82) is 0 Å². The van der Waals surface area contributed by atoms with E-state index in [9.17, 15) is 4.79 Å². The molecule has 0 saturated carbocycles. The molecule has 0 fully saturated rings. The topological polar surface area (TPSA) is 59.0 Å². The van der Waals surface area contributed by atoms with E-state index in [0.717, 1.165) is 21.9 Å². The van der Waals surface area contributed by atoms with Gasteiger partial charge in [-0.25, -0.2) is 5.01 Å². The Morgan fingerprint density at radius 2 is 1.96 bits per heavy atom. The van der Waals surface area contributed by atoms with Crippen molar-refractivity contribution in [2.45, 2.75) is 24.3 Å². The molecule has 3 aromatic rings. The van der Waals surface area contributed by atoms with Crippen LogP contribution in [0.2, 0.25) is 0 Å². The van der Waals surface area contributed by atoms with Crippen LogP contribution in [-0.2, 0) is 4.79 Å². The Labute approximate surface area is 155 Å². The van der Waals surface area contributed by atoms with Gasteiger partial charge in [-0.05, 0) is 42.8 Å². The van der Waals surface area contributed by atoms with Gasteiger partial charge in [-0.1, -0.05) is 18.2 Å². The van der Waals surface area contributed by atoms with Crippen LogP contribution in [0.5, 0.6) is 0 Å². The summed E-state index contributed by atoms with van der Waals surface area (Å²) in [6, 6.07) is 15.2. The van der Waals surface area contributed by atoms with Crippen LogP contribution in [0.1, 0.15) is 29.5 Å². The number of furan rings is 2. The zero-order valence-electron chi connectivity index (χ0n) is 14.3. The lowest BCUT2D eigenvalue weighted by Crippen LogP contribution is -2.28. The van der Waals surface area contributed by atoms with Gasteiger partial charge in [-0.15, -0.1) is 11.8 Å². The van der Waals surface area contributed by atoms with E-state index in [4.69, 9.17) is 8.83 Å². The molecule has 3 heterocycles. The molecular weight excluding hydrogens is 348 g/mol. The van der Waals surface area contributed by atoms with Gasteiger partial charge in [0.15, 0.2) is 0 Å². The minimum atomic E-state index is -0.241. The van der Waals surface area contributed by atoms with Gasteiger partial charge < -0.3 is 8.83 Å². The SMILES string of the molecule is Cc1ccccc1SCC(=O)N1N=C(c2ccco2)CC1c1ccco1. The second kappa shape index (κ2) is 7.25. The van der Waals surface area contributed by atoms with Gasteiger partial charge in [0.2, 0.25) is 0 Å². The van der Waals surface area contributed by atoms with E-state index in [2.05, 4.69) is 5.10 Å². The fourth-order valence-electron chi connectivity index (χ4n) is 2.96. The van der Waals surface area contributed by atoms with Crippen LogP contribution >= 0.6 is 11.8 Å². The van der Waals surface area contributed by atoms with Crippen molar-refractivity contribution >= 4 is 23.4 Å². The number of hydrogen-bond donors (Lipinski definition) is 0. The van der Waals surface area contributed by atoms with Crippen molar-refractivity contribution in [2.24, 2.45) is 5.10 Å². The van der Waals surface area contributed by atoms with Crippen LogP contribution < -0.4 is 0 Å². The molecule has 0 aliphatic carbocycles. The quantitative estimate of drug-likeness (QED) is 0.617. The molecular formula is C20H18N2O3S. The van der Waals surface area contributed by atoms with Crippen LogP contribution in [0.25, 0.3) is 0 Å². The Bertz CT molecular complexity index is 916. The van der Waals surface area contributed by atoms with Gasteiger partial charge in [-0.3, -0.25) is 4.79 Å². The second-order valence-corrected chi connectivity index (χ2v) is 7.07. The van der Waals surface area contributed by atoms with E-state index < -0.39 is 0 Å². The summed E-state index contributed by atoms with van der Waals surface area (Å²) in [6.45, 7) is 2.04. The summed E-state index contributed by atoms with van der Waals surface area (Å²) in [5.74, 6) is 1.67. The van der Waals surface area contributed by atoms with E-state index in [-0.39, 0.29) is 11.9 Å². The fraction of sp³-hybridized carbons (Fsp3) is 0.200. The zero-order valence-corrected chi connectivity index (χ0v) is 15.1. The van der Waals surface area contributed by atoms with Crippen LogP contribution in [0.15, 0.2) is 79.9 Å². The molecule has 0 saturated heterocycles. The molecule has 1 unspecified atom stereocenters. The van der Waals surface area contributed by atoms with E-state index in [1.165, 1.54) is 16.8 Å². The molecule has 1 amide bonds. The maximum absolute atomic E-state index is 12.9. The lowest BCUT2D eigenvalue weighted by molar-refractivity contribution is -0.130. The number of carbonyl (C=O) groups is 1. The molecule has 0 N–H and O–H groups in total. The number of benzene rings is 1. The van der Waals surface area contributed by atoms with Crippen LogP contribution in [0, 0.1) is 6.92 Å². The summed E-state index contributed by atoms with van der Waals surface area (Å²) < 4.78 is 11.0. The summed E-state index contributed by atoms with van der Waals surface area (Å²) in [7, 11) is 0. The summed E-state index contributed by atoms with van der Waals surface area (Å²) in [5.41, 5.74) is 1.92. The van der Waals surface area contributed by atoms with Crippen molar-refractivity contribution in [3.05, 3.63) is 78.1 Å². The number of amides is 1. The van der Waals surface area contributed by atoms with Crippen molar-refractivity contribution in [2.75, 3.05) is 5.75 Å². The minimum Gasteiger partial charge on any atom is -0.467 e. The molecule has 4 rings (SSSR count). The lowest BCUT2D eigenvalue weighted by Gasteiger charge is -2.19. The van der Waals surface area contributed by atoms with Crippen molar-refractivity contribution in [1.82, 2.24) is 5.01 Å². The third kappa shape index (κ3) is 3.32. The maximum Gasteiger partial charge on any atom is 0.253 e. The second-order valence-electron chi connectivity index (χ2n) is 6.05. The van der Waals surface area contributed by atoms with Gasteiger partial charge >= 0.3 is 0 Å². The number of hydrogen-bond acceptors (Lipinski definition) is 5. The van der Waals surface area contributed by atoms with E-state index in [0.29, 0.717) is 17.9 Å². The highest BCUT2D eigenvalue weighted by atomic mass is 32.2. The summed E-state index contributed by atoms with van der Waals surface area (Å²) in [4.78, 5) is 14.0. The summed E-state index contributed by atoms with van der Waals surface area (Å²) in [6.07, 6.45) is 3.80. The average molecular weight is 366 g/mol. The third-order valence-electron chi connectivity index (χ3n) is 4.29.